The summed E-state index contributed by atoms with van der Waals surface area (Å²) in [7, 11) is -3.76. The van der Waals surface area contributed by atoms with E-state index in [0.29, 0.717) is 22.2 Å². The molecule has 164 valence electrons. The number of ether oxygens (including phenoxy) is 1. The molecule has 0 radical (unpaired) electrons. The largest absolute Gasteiger partial charge is 0.425 e. The van der Waals surface area contributed by atoms with E-state index in [4.69, 9.17) is 4.74 Å². The van der Waals surface area contributed by atoms with E-state index >= 15 is 0 Å². The first-order valence-corrected chi connectivity index (χ1v) is 11.3. The van der Waals surface area contributed by atoms with Crippen molar-refractivity contribution in [2.45, 2.75) is 11.4 Å². The molecular weight excluding hydrogens is 444 g/mol. The van der Waals surface area contributed by atoms with Crippen LogP contribution in [0.4, 0.5) is 5.69 Å². The Kier molecular flexibility index (Phi) is 4.98. The van der Waals surface area contributed by atoms with Crippen molar-refractivity contribution in [3.05, 3.63) is 95.0 Å². The van der Waals surface area contributed by atoms with Crippen LogP contribution in [0.2, 0.25) is 0 Å². The summed E-state index contributed by atoms with van der Waals surface area (Å²) in [6, 6.07) is 19.8. The Labute approximate surface area is 188 Å². The SMILES string of the molecule is O=C(Cn1cnc2ccccc2c1=O)Oc1cccc(NC2=NS(=O)(=O)c3ccccc32)c1. The maximum atomic E-state index is 12.6. The summed E-state index contributed by atoms with van der Waals surface area (Å²) in [5.74, 6) is -0.248. The number of hydrogen-bond donors (Lipinski definition) is 1. The number of nitrogens with zero attached hydrogens (tertiary/aromatic N) is 3. The third kappa shape index (κ3) is 3.99. The second-order valence-corrected chi connectivity index (χ2v) is 8.81. The summed E-state index contributed by atoms with van der Waals surface area (Å²) in [5, 5.41) is 3.37. The fourth-order valence-electron chi connectivity index (χ4n) is 3.49. The highest BCUT2D eigenvalue weighted by Gasteiger charge is 2.28. The van der Waals surface area contributed by atoms with Crippen LogP contribution in [0.1, 0.15) is 5.56 Å². The van der Waals surface area contributed by atoms with Gasteiger partial charge in [0.25, 0.3) is 15.6 Å². The highest BCUT2D eigenvalue weighted by molar-refractivity contribution is 7.90. The Morgan fingerprint density at radius 3 is 2.67 bits per heavy atom. The number of rotatable bonds is 4. The van der Waals surface area contributed by atoms with Crippen LogP contribution in [0.15, 0.2) is 93.2 Å². The van der Waals surface area contributed by atoms with Crippen molar-refractivity contribution in [2.75, 3.05) is 5.32 Å². The molecule has 10 heteroatoms. The zero-order valence-corrected chi connectivity index (χ0v) is 17.8. The van der Waals surface area contributed by atoms with Crippen LogP contribution in [-0.4, -0.2) is 29.8 Å². The van der Waals surface area contributed by atoms with Crippen LogP contribution in [0.25, 0.3) is 10.9 Å². The molecule has 0 aliphatic carbocycles. The van der Waals surface area contributed by atoms with E-state index in [9.17, 15) is 18.0 Å². The highest BCUT2D eigenvalue weighted by Crippen LogP contribution is 2.27. The fourth-order valence-corrected chi connectivity index (χ4v) is 4.67. The minimum Gasteiger partial charge on any atom is -0.425 e. The number of para-hydroxylation sites is 1. The molecule has 5 rings (SSSR count). The quantitative estimate of drug-likeness (QED) is 0.367. The Morgan fingerprint density at radius 1 is 1.00 bits per heavy atom. The molecule has 1 N–H and O–H groups in total. The molecule has 0 spiro atoms. The van der Waals surface area contributed by atoms with Crippen LogP contribution in [0, 0.1) is 0 Å². The lowest BCUT2D eigenvalue weighted by Gasteiger charge is -2.10. The zero-order chi connectivity index (χ0) is 23.0. The molecule has 1 aromatic heterocycles. The molecule has 0 saturated carbocycles. The first-order chi connectivity index (χ1) is 15.9. The van der Waals surface area contributed by atoms with Gasteiger partial charge in [-0.15, -0.1) is 4.40 Å². The van der Waals surface area contributed by atoms with Crippen LogP contribution in [-0.2, 0) is 21.4 Å². The number of nitrogens with one attached hydrogen (secondary N) is 1. The molecule has 0 unspecified atom stereocenters. The van der Waals surface area contributed by atoms with Gasteiger partial charge in [0, 0.05) is 17.3 Å². The van der Waals surface area contributed by atoms with Gasteiger partial charge >= 0.3 is 5.97 Å². The van der Waals surface area contributed by atoms with Crippen molar-refractivity contribution in [1.82, 2.24) is 9.55 Å². The molecule has 0 fully saturated rings. The third-order valence-corrected chi connectivity index (χ3v) is 6.33. The number of esters is 1. The Bertz CT molecular complexity index is 1610. The Hall–Kier alpha value is -4.31. The van der Waals surface area contributed by atoms with Crippen LogP contribution < -0.4 is 15.6 Å². The van der Waals surface area contributed by atoms with Gasteiger partial charge in [-0.25, -0.2) is 9.78 Å². The molecular formula is C23H16N4O5S. The fraction of sp³-hybridized carbons (Fsp3) is 0.0435. The molecule has 0 atom stereocenters. The van der Waals surface area contributed by atoms with Gasteiger partial charge in [-0.1, -0.05) is 30.3 Å². The first-order valence-electron chi connectivity index (χ1n) is 9.87. The highest BCUT2D eigenvalue weighted by atomic mass is 32.2. The molecule has 4 aromatic rings. The number of anilines is 1. The van der Waals surface area contributed by atoms with Gasteiger partial charge in [0.2, 0.25) is 0 Å². The Balaban J connectivity index is 1.33. The lowest BCUT2D eigenvalue weighted by atomic mass is 10.2. The van der Waals surface area contributed by atoms with Gasteiger partial charge in [0.05, 0.1) is 17.2 Å². The first kappa shape index (κ1) is 20.6. The number of carbonyl (C=O) groups excluding carboxylic acids is 1. The van der Waals surface area contributed by atoms with Crippen molar-refractivity contribution in [2.24, 2.45) is 4.40 Å². The second kappa shape index (κ2) is 7.99. The number of carbonyl (C=O) groups is 1. The smallest absolute Gasteiger partial charge is 0.331 e. The average Bonchev–Trinajstić information content (AvgIpc) is 3.06. The maximum absolute atomic E-state index is 12.6. The normalized spacial score (nSPS) is 13.9. The number of amidine groups is 1. The number of aromatic nitrogens is 2. The van der Waals surface area contributed by atoms with Crippen molar-refractivity contribution in [1.29, 1.82) is 0 Å². The molecule has 0 bridgehead atoms. The molecule has 0 saturated heterocycles. The van der Waals surface area contributed by atoms with Gasteiger partial charge in [-0.3, -0.25) is 9.36 Å². The van der Waals surface area contributed by atoms with Crippen LogP contribution >= 0.6 is 0 Å². The van der Waals surface area contributed by atoms with E-state index in [2.05, 4.69) is 14.7 Å². The van der Waals surface area contributed by atoms with Gasteiger partial charge in [0.1, 0.15) is 17.2 Å². The summed E-state index contributed by atoms with van der Waals surface area (Å²) < 4.78 is 34.8. The second-order valence-electron chi connectivity index (χ2n) is 7.23. The van der Waals surface area contributed by atoms with E-state index in [0.717, 1.165) is 0 Å². The lowest BCUT2D eigenvalue weighted by Crippen LogP contribution is -2.26. The topological polar surface area (TPSA) is 120 Å². The Morgan fingerprint density at radius 2 is 1.79 bits per heavy atom. The monoisotopic (exact) mass is 460 g/mol. The van der Waals surface area contributed by atoms with Crippen molar-refractivity contribution in [3.8, 4) is 5.75 Å². The van der Waals surface area contributed by atoms with Gasteiger partial charge in [0.15, 0.2) is 5.84 Å². The lowest BCUT2D eigenvalue weighted by molar-refractivity contribution is -0.135. The standard InChI is InChI=1S/C23H16N4O5S/c28-21(13-27-14-24-19-10-3-1-8-17(19)23(27)29)32-16-7-5-6-15(12-16)25-22-18-9-2-4-11-20(18)33(30,31)26-22/h1-12,14H,13H2,(H,25,26). The summed E-state index contributed by atoms with van der Waals surface area (Å²) in [6.07, 6.45) is 1.31. The number of benzene rings is 3. The zero-order valence-electron chi connectivity index (χ0n) is 17.0. The van der Waals surface area contributed by atoms with E-state index in [1.165, 1.54) is 23.0 Å². The number of sulfonamides is 1. The van der Waals surface area contributed by atoms with E-state index in [1.807, 2.05) is 0 Å². The summed E-state index contributed by atoms with van der Waals surface area (Å²) >= 11 is 0. The minimum atomic E-state index is -3.76. The molecule has 3 aromatic carbocycles. The molecule has 33 heavy (non-hydrogen) atoms. The van der Waals surface area contributed by atoms with E-state index in [1.54, 1.807) is 60.7 Å². The number of fused-ring (bicyclic) bond motifs is 2. The number of hydrogen-bond acceptors (Lipinski definition) is 7. The predicted molar refractivity (Wildman–Crippen MR) is 122 cm³/mol. The summed E-state index contributed by atoms with van der Waals surface area (Å²) in [6.45, 7) is -0.313. The van der Waals surface area contributed by atoms with Crippen LogP contribution in [0.3, 0.4) is 0 Å². The maximum Gasteiger partial charge on any atom is 0.331 e. The van der Waals surface area contributed by atoms with Crippen molar-refractivity contribution in [3.63, 3.8) is 0 Å². The third-order valence-electron chi connectivity index (χ3n) is 4.99. The molecule has 1 aliphatic rings. The summed E-state index contributed by atoms with van der Waals surface area (Å²) in [4.78, 5) is 29.3. The van der Waals surface area contributed by atoms with Gasteiger partial charge in [-0.2, -0.15) is 8.42 Å². The predicted octanol–water partition coefficient (Wildman–Crippen LogP) is 2.56. The van der Waals surface area contributed by atoms with E-state index in [-0.39, 0.29) is 28.6 Å². The average molecular weight is 460 g/mol. The van der Waals surface area contributed by atoms with Gasteiger partial charge < -0.3 is 10.1 Å². The minimum absolute atomic E-state index is 0.129. The molecule has 0 amide bonds. The van der Waals surface area contributed by atoms with Crippen LogP contribution in [0.5, 0.6) is 5.75 Å². The molecule has 1 aliphatic heterocycles. The van der Waals surface area contributed by atoms with Gasteiger partial charge in [-0.05, 0) is 36.4 Å². The molecule has 9 nitrogen and oxygen atoms in total. The molecule has 2 heterocycles. The summed E-state index contributed by atoms with van der Waals surface area (Å²) in [5.41, 5.74) is 1.15. The van der Waals surface area contributed by atoms with Crippen molar-refractivity contribution >= 4 is 38.4 Å². The van der Waals surface area contributed by atoms with Crippen molar-refractivity contribution < 1.29 is 17.9 Å². The van der Waals surface area contributed by atoms with E-state index < -0.39 is 16.0 Å².